The monoisotopic (exact) mass is 357 g/mol. The number of hydrogen-bond acceptors (Lipinski definition) is 4. The van der Waals surface area contributed by atoms with E-state index in [9.17, 15) is 0 Å². The van der Waals surface area contributed by atoms with Crippen LogP contribution in [0.25, 0.3) is 0 Å². The Balaban J connectivity index is 1.99. The second kappa shape index (κ2) is 9.03. The van der Waals surface area contributed by atoms with Crippen molar-refractivity contribution in [1.29, 1.82) is 0 Å². The molecule has 2 aromatic carbocycles. The van der Waals surface area contributed by atoms with E-state index in [4.69, 9.17) is 21.7 Å². The lowest BCUT2D eigenvalue weighted by Crippen LogP contribution is -2.24. The highest BCUT2D eigenvalue weighted by Crippen LogP contribution is 2.27. The van der Waals surface area contributed by atoms with Crippen molar-refractivity contribution >= 4 is 29.2 Å². The summed E-state index contributed by atoms with van der Waals surface area (Å²) in [4.78, 5) is 0. The fraction of sp³-hybridized carbons (Fsp3) is 0.263. The van der Waals surface area contributed by atoms with E-state index in [1.807, 2.05) is 57.2 Å². The number of para-hydroxylation sites is 1. The van der Waals surface area contributed by atoms with E-state index in [0.29, 0.717) is 23.2 Å². The highest BCUT2D eigenvalue weighted by atomic mass is 32.1. The quantitative estimate of drug-likeness (QED) is 0.464. The summed E-state index contributed by atoms with van der Waals surface area (Å²) in [6.45, 7) is 6.59. The fourth-order valence-corrected chi connectivity index (χ4v) is 2.51. The first kappa shape index (κ1) is 18.7. The van der Waals surface area contributed by atoms with E-state index < -0.39 is 0 Å². The molecule has 2 N–H and O–H groups in total. The van der Waals surface area contributed by atoms with Crippen LogP contribution < -0.4 is 20.2 Å². The Hall–Kier alpha value is -2.60. The van der Waals surface area contributed by atoms with Gasteiger partial charge in [0.2, 0.25) is 0 Å². The van der Waals surface area contributed by atoms with Gasteiger partial charge in [-0.1, -0.05) is 18.2 Å². The topological polar surface area (TPSA) is 54.9 Å². The van der Waals surface area contributed by atoms with Crippen LogP contribution in [0.3, 0.4) is 0 Å². The maximum absolute atomic E-state index is 5.50. The van der Waals surface area contributed by atoms with Crippen LogP contribution in [-0.4, -0.2) is 25.0 Å². The molecule has 0 aliphatic rings. The zero-order valence-electron chi connectivity index (χ0n) is 14.9. The second-order valence-electron chi connectivity index (χ2n) is 5.43. The van der Waals surface area contributed by atoms with Crippen LogP contribution in [0.4, 0.5) is 5.69 Å². The number of nitrogens with one attached hydrogen (secondary N) is 2. The van der Waals surface area contributed by atoms with Crippen LogP contribution in [-0.2, 0) is 0 Å². The minimum absolute atomic E-state index is 0.437. The molecule has 0 saturated heterocycles. The van der Waals surface area contributed by atoms with Crippen molar-refractivity contribution in [2.75, 3.05) is 19.0 Å². The Bertz CT molecular complexity index is 755. The van der Waals surface area contributed by atoms with Crippen LogP contribution >= 0.6 is 12.2 Å². The zero-order valence-corrected chi connectivity index (χ0v) is 15.7. The first-order valence-electron chi connectivity index (χ1n) is 8.02. The van der Waals surface area contributed by atoms with Gasteiger partial charge in [-0.25, -0.2) is 0 Å². The first-order chi connectivity index (χ1) is 12.0. The number of benzene rings is 2. The third kappa shape index (κ3) is 5.19. The van der Waals surface area contributed by atoms with Crippen LogP contribution in [0.5, 0.6) is 11.5 Å². The Kier molecular flexibility index (Phi) is 6.77. The molecule has 0 aliphatic heterocycles. The molecule has 6 heteroatoms. The molecular weight excluding hydrogens is 334 g/mol. The molecule has 0 unspecified atom stereocenters. The van der Waals surface area contributed by atoms with E-state index in [1.54, 1.807) is 13.3 Å². The smallest absolute Gasteiger partial charge is 0.191 e. The largest absolute Gasteiger partial charge is 0.493 e. The molecule has 0 heterocycles. The average molecular weight is 357 g/mol. The van der Waals surface area contributed by atoms with Crippen molar-refractivity contribution in [1.82, 2.24) is 5.43 Å². The standard InChI is InChI=1S/C19H23N3O2S/c1-5-24-16-10-9-15(11-17(16)23-4)12-20-22-19(25)21-18-13(2)7-6-8-14(18)3/h6-12H,5H2,1-4H3,(H2,21,22,25). The number of methoxy groups -OCH3 is 1. The molecule has 0 radical (unpaired) electrons. The Morgan fingerprint density at radius 1 is 1.16 bits per heavy atom. The summed E-state index contributed by atoms with van der Waals surface area (Å²) in [5, 5.41) is 7.78. The van der Waals surface area contributed by atoms with Crippen LogP contribution in [0.2, 0.25) is 0 Å². The molecule has 0 saturated carbocycles. The Morgan fingerprint density at radius 3 is 2.52 bits per heavy atom. The fourth-order valence-electron chi connectivity index (χ4n) is 2.36. The molecule has 5 nitrogen and oxygen atoms in total. The number of anilines is 1. The van der Waals surface area contributed by atoms with Crippen molar-refractivity contribution in [2.24, 2.45) is 5.10 Å². The van der Waals surface area contributed by atoms with Crippen molar-refractivity contribution in [3.05, 3.63) is 53.1 Å². The molecule has 0 bridgehead atoms. The summed E-state index contributed by atoms with van der Waals surface area (Å²) in [5.41, 5.74) is 6.96. The van der Waals surface area contributed by atoms with Gasteiger partial charge in [0.15, 0.2) is 16.6 Å². The lowest BCUT2D eigenvalue weighted by molar-refractivity contribution is 0.311. The third-order valence-electron chi connectivity index (χ3n) is 3.59. The van der Waals surface area contributed by atoms with E-state index in [-0.39, 0.29) is 0 Å². The number of hydrazone groups is 1. The molecule has 2 aromatic rings. The zero-order chi connectivity index (χ0) is 18.2. The van der Waals surface area contributed by atoms with Crippen LogP contribution in [0.1, 0.15) is 23.6 Å². The van der Waals surface area contributed by atoms with E-state index in [2.05, 4.69) is 15.8 Å². The third-order valence-corrected chi connectivity index (χ3v) is 3.78. The van der Waals surface area contributed by atoms with Gasteiger partial charge in [0.1, 0.15) is 0 Å². The lowest BCUT2D eigenvalue weighted by atomic mass is 10.1. The molecule has 0 amide bonds. The number of rotatable bonds is 6. The van der Waals surface area contributed by atoms with E-state index in [0.717, 1.165) is 22.4 Å². The van der Waals surface area contributed by atoms with Crippen LogP contribution in [0.15, 0.2) is 41.5 Å². The first-order valence-corrected chi connectivity index (χ1v) is 8.43. The number of aryl methyl sites for hydroxylation is 2. The van der Waals surface area contributed by atoms with Gasteiger partial charge in [0.05, 0.1) is 19.9 Å². The molecule has 2 rings (SSSR count). The summed E-state index contributed by atoms with van der Waals surface area (Å²) in [5.74, 6) is 1.38. The SMILES string of the molecule is CCOc1ccc(C=NNC(=S)Nc2c(C)cccc2C)cc1OC. The maximum Gasteiger partial charge on any atom is 0.191 e. The van der Waals surface area contributed by atoms with Crippen molar-refractivity contribution in [2.45, 2.75) is 20.8 Å². The Morgan fingerprint density at radius 2 is 1.88 bits per heavy atom. The summed E-state index contributed by atoms with van der Waals surface area (Å²) in [7, 11) is 1.61. The van der Waals surface area contributed by atoms with E-state index in [1.165, 1.54) is 0 Å². The van der Waals surface area contributed by atoms with Gasteiger partial charge in [0, 0.05) is 5.69 Å². The highest BCUT2D eigenvalue weighted by Gasteiger charge is 2.05. The van der Waals surface area contributed by atoms with Gasteiger partial charge in [0.25, 0.3) is 0 Å². The Labute approximate surface area is 154 Å². The lowest BCUT2D eigenvalue weighted by Gasteiger charge is -2.12. The normalized spacial score (nSPS) is 10.6. The maximum atomic E-state index is 5.50. The summed E-state index contributed by atoms with van der Waals surface area (Å²) in [6.07, 6.45) is 1.68. The van der Waals surface area contributed by atoms with Gasteiger partial charge in [-0.2, -0.15) is 5.10 Å². The minimum atomic E-state index is 0.437. The van der Waals surface area contributed by atoms with Crippen molar-refractivity contribution in [3.8, 4) is 11.5 Å². The van der Waals surface area contributed by atoms with Crippen molar-refractivity contribution in [3.63, 3.8) is 0 Å². The van der Waals surface area contributed by atoms with Gasteiger partial charge in [-0.15, -0.1) is 0 Å². The predicted molar refractivity (Wildman–Crippen MR) is 107 cm³/mol. The minimum Gasteiger partial charge on any atom is -0.493 e. The molecule has 0 atom stereocenters. The van der Waals surface area contributed by atoms with Gasteiger partial charge in [-0.3, -0.25) is 5.43 Å². The molecule has 0 aromatic heterocycles. The molecule has 0 spiro atoms. The van der Waals surface area contributed by atoms with Gasteiger partial charge >= 0.3 is 0 Å². The average Bonchev–Trinajstić information content (AvgIpc) is 2.59. The molecule has 0 fully saturated rings. The summed E-state index contributed by atoms with van der Waals surface area (Å²) >= 11 is 5.29. The summed E-state index contributed by atoms with van der Waals surface area (Å²) in [6, 6.07) is 11.7. The molecule has 25 heavy (non-hydrogen) atoms. The van der Waals surface area contributed by atoms with E-state index >= 15 is 0 Å². The van der Waals surface area contributed by atoms with Crippen LogP contribution in [0, 0.1) is 13.8 Å². The van der Waals surface area contributed by atoms with Crippen molar-refractivity contribution < 1.29 is 9.47 Å². The second-order valence-corrected chi connectivity index (χ2v) is 5.84. The highest BCUT2D eigenvalue weighted by molar-refractivity contribution is 7.80. The molecule has 0 aliphatic carbocycles. The van der Waals surface area contributed by atoms with Gasteiger partial charge < -0.3 is 14.8 Å². The summed E-state index contributed by atoms with van der Waals surface area (Å²) < 4.78 is 10.8. The molecular formula is C19H23N3O2S. The number of ether oxygens (including phenoxy) is 2. The van der Waals surface area contributed by atoms with Gasteiger partial charge in [-0.05, 0) is 67.9 Å². The number of thiocarbonyl (C=S) groups is 1. The molecule has 132 valence electrons. The number of nitrogens with zero attached hydrogens (tertiary/aromatic N) is 1. The predicted octanol–water partition coefficient (Wildman–Crippen LogP) is 4.03. The number of hydrogen-bond donors (Lipinski definition) is 2.